The Kier molecular flexibility index (Phi) is 48.1. The molecule has 398 valence electrons. The van der Waals surface area contributed by atoms with Gasteiger partial charge in [-0.2, -0.15) is 0 Å². The molecule has 0 heterocycles. The summed E-state index contributed by atoms with van der Waals surface area (Å²) in [5, 5.41) is 0. The highest BCUT2D eigenvalue weighted by atomic mass is 31.2. The smallest absolute Gasteiger partial charge is 0.462 e. The number of phosphoric acid groups is 1. The van der Waals surface area contributed by atoms with Crippen molar-refractivity contribution in [3.63, 3.8) is 0 Å². The molecule has 0 saturated heterocycles. The number of nitrogens with zero attached hydrogens (tertiary/aromatic N) is 1. The van der Waals surface area contributed by atoms with Crippen LogP contribution in [-0.2, 0) is 32.7 Å². The number of carbonyl (C=O) groups is 2. The molecule has 0 spiro atoms. The molecule has 9 nitrogen and oxygen atoms in total. The van der Waals surface area contributed by atoms with Gasteiger partial charge in [-0.25, -0.2) is 4.57 Å². The van der Waals surface area contributed by atoms with Crippen LogP contribution in [0.1, 0.15) is 226 Å². The average molecular weight is 987 g/mol. The summed E-state index contributed by atoms with van der Waals surface area (Å²) in [7, 11) is 1.46. The lowest BCUT2D eigenvalue weighted by atomic mass is 10.0. The number of allylic oxidation sites excluding steroid dienone is 14. The van der Waals surface area contributed by atoms with Crippen molar-refractivity contribution in [2.75, 3.05) is 47.5 Å². The second-order valence-corrected chi connectivity index (χ2v) is 21.0. The monoisotopic (exact) mass is 987 g/mol. The van der Waals surface area contributed by atoms with Crippen molar-refractivity contribution in [3.05, 3.63) is 85.1 Å². The Morgan fingerprint density at radius 3 is 1.23 bits per heavy atom. The molecule has 0 amide bonds. The molecule has 0 aliphatic carbocycles. The molecule has 1 N–H and O–H groups in total. The van der Waals surface area contributed by atoms with E-state index in [9.17, 15) is 19.0 Å². The van der Waals surface area contributed by atoms with Crippen molar-refractivity contribution in [1.82, 2.24) is 0 Å². The van der Waals surface area contributed by atoms with Gasteiger partial charge in [-0.15, -0.1) is 0 Å². The minimum atomic E-state index is -4.39. The molecule has 2 atom stereocenters. The van der Waals surface area contributed by atoms with E-state index in [4.69, 9.17) is 18.5 Å². The Labute approximate surface area is 424 Å². The van der Waals surface area contributed by atoms with Crippen molar-refractivity contribution in [1.29, 1.82) is 0 Å². The van der Waals surface area contributed by atoms with E-state index in [0.29, 0.717) is 17.4 Å². The fourth-order valence-electron chi connectivity index (χ4n) is 7.37. The highest BCUT2D eigenvalue weighted by molar-refractivity contribution is 7.47. The van der Waals surface area contributed by atoms with Gasteiger partial charge < -0.3 is 18.9 Å². The summed E-state index contributed by atoms with van der Waals surface area (Å²) in [6, 6.07) is 0. The standard InChI is InChI=1S/C59H104NO8P/c1-6-8-10-12-14-16-18-20-22-24-25-26-27-28-29-30-31-32-33-34-35-36-38-40-42-44-46-48-50-52-59(62)68-57(56-67-69(63,64)66-54-53-60(3,4)5)55-65-58(61)51-49-47-45-43-41-39-37-23-21-19-17-15-13-11-9-7-2/h8,10,14,16-17,19-20,22-23,25-26,28-29,37,57H,6-7,9,11-13,15,18,21,24,27,30-36,38-56H2,1-5H3/p+1/b10-8-,16-14-,19-17-,22-20-,26-25-,29-28-,37-23-. The van der Waals surface area contributed by atoms with E-state index in [2.05, 4.69) is 98.9 Å². The van der Waals surface area contributed by atoms with Gasteiger partial charge in [0.2, 0.25) is 0 Å². The predicted octanol–water partition coefficient (Wildman–Crippen LogP) is 17.1. The van der Waals surface area contributed by atoms with Crippen LogP contribution in [0.5, 0.6) is 0 Å². The molecule has 0 bridgehead atoms. The van der Waals surface area contributed by atoms with Crippen LogP contribution in [0.4, 0.5) is 0 Å². The number of carbonyl (C=O) groups excluding carboxylic acids is 2. The van der Waals surface area contributed by atoms with E-state index >= 15 is 0 Å². The molecule has 0 fully saturated rings. The highest BCUT2D eigenvalue weighted by Gasteiger charge is 2.27. The number of rotatable bonds is 50. The maximum atomic E-state index is 12.8. The first-order valence-corrected chi connectivity index (χ1v) is 29.3. The Hall–Kier alpha value is -2.81. The number of phosphoric ester groups is 1. The molecule has 0 aromatic heterocycles. The second-order valence-electron chi connectivity index (χ2n) is 19.6. The number of likely N-dealkylation sites (N-methyl/N-ethyl adjacent to an activating group) is 1. The third-order valence-corrected chi connectivity index (χ3v) is 12.6. The quantitative estimate of drug-likeness (QED) is 0.0211. The van der Waals surface area contributed by atoms with Crippen LogP contribution in [-0.4, -0.2) is 74.9 Å². The lowest BCUT2D eigenvalue weighted by Crippen LogP contribution is -2.37. The van der Waals surface area contributed by atoms with Gasteiger partial charge in [0.05, 0.1) is 27.7 Å². The summed E-state index contributed by atoms with van der Waals surface area (Å²) < 4.78 is 34.5. The van der Waals surface area contributed by atoms with Crippen LogP contribution in [0.25, 0.3) is 0 Å². The van der Waals surface area contributed by atoms with Crippen LogP contribution in [0.15, 0.2) is 85.1 Å². The Balaban J connectivity index is 4.17. The first kappa shape index (κ1) is 66.2. The summed E-state index contributed by atoms with van der Waals surface area (Å²) in [6.07, 6.45) is 66.4. The Morgan fingerprint density at radius 1 is 0.464 bits per heavy atom. The number of hydrogen-bond acceptors (Lipinski definition) is 7. The zero-order valence-electron chi connectivity index (χ0n) is 45.0. The van der Waals surface area contributed by atoms with Crippen LogP contribution in [0, 0.1) is 0 Å². The Morgan fingerprint density at radius 2 is 0.826 bits per heavy atom. The largest absolute Gasteiger partial charge is 0.472 e. The predicted molar refractivity (Wildman–Crippen MR) is 293 cm³/mol. The minimum Gasteiger partial charge on any atom is -0.462 e. The minimum absolute atomic E-state index is 0.0260. The van der Waals surface area contributed by atoms with E-state index < -0.39 is 26.5 Å². The van der Waals surface area contributed by atoms with E-state index in [1.54, 1.807) is 0 Å². The van der Waals surface area contributed by atoms with Gasteiger partial charge in [0.15, 0.2) is 6.10 Å². The SMILES string of the molecule is CC/C=C\C/C=C\C/C=C\C/C=C\C/C=C\CCCCCCCCCCCCCCCC(=O)OC(COC(=O)CCCCCCC/C=C\C/C=C\CCCCCC)COP(=O)(O)OCC[N+](C)(C)C. The first-order valence-electron chi connectivity index (χ1n) is 27.8. The lowest BCUT2D eigenvalue weighted by Gasteiger charge is -2.24. The molecule has 10 heteroatoms. The van der Waals surface area contributed by atoms with Gasteiger partial charge >= 0.3 is 19.8 Å². The van der Waals surface area contributed by atoms with E-state index in [0.717, 1.165) is 96.3 Å². The first-order chi connectivity index (χ1) is 33.5. The van der Waals surface area contributed by atoms with E-state index in [-0.39, 0.29) is 32.0 Å². The molecular formula is C59H105NO8P+. The number of ether oxygens (including phenoxy) is 2. The second kappa shape index (κ2) is 50.1. The molecule has 0 radical (unpaired) electrons. The zero-order valence-corrected chi connectivity index (χ0v) is 45.9. The average Bonchev–Trinajstić information content (AvgIpc) is 3.31. The van der Waals surface area contributed by atoms with Crippen molar-refractivity contribution in [2.24, 2.45) is 0 Å². The number of unbranched alkanes of at least 4 members (excludes halogenated alkanes) is 22. The third kappa shape index (κ3) is 54.4. The molecule has 0 aliphatic rings. The van der Waals surface area contributed by atoms with Crippen LogP contribution in [0.2, 0.25) is 0 Å². The Bertz CT molecular complexity index is 1440. The van der Waals surface area contributed by atoms with Gasteiger partial charge in [0.25, 0.3) is 0 Å². The van der Waals surface area contributed by atoms with Crippen LogP contribution in [0.3, 0.4) is 0 Å². The van der Waals surface area contributed by atoms with Gasteiger partial charge in [-0.3, -0.25) is 18.6 Å². The highest BCUT2D eigenvalue weighted by Crippen LogP contribution is 2.43. The van der Waals surface area contributed by atoms with Crippen molar-refractivity contribution < 1.29 is 42.1 Å². The maximum absolute atomic E-state index is 12.8. The third-order valence-electron chi connectivity index (χ3n) is 11.7. The number of esters is 2. The normalized spacial score (nSPS) is 14.0. The van der Waals surface area contributed by atoms with Crippen molar-refractivity contribution >= 4 is 19.8 Å². The molecule has 69 heavy (non-hydrogen) atoms. The lowest BCUT2D eigenvalue weighted by molar-refractivity contribution is -0.870. The number of hydrogen-bond donors (Lipinski definition) is 1. The summed E-state index contributed by atoms with van der Waals surface area (Å²) in [6.45, 7) is 4.28. The number of quaternary nitrogens is 1. The molecule has 0 saturated carbocycles. The maximum Gasteiger partial charge on any atom is 0.472 e. The van der Waals surface area contributed by atoms with Gasteiger partial charge in [0, 0.05) is 12.8 Å². The van der Waals surface area contributed by atoms with Crippen molar-refractivity contribution in [3.8, 4) is 0 Å². The van der Waals surface area contributed by atoms with Gasteiger partial charge in [-0.05, 0) is 89.9 Å². The summed E-state index contributed by atoms with van der Waals surface area (Å²) in [5.41, 5.74) is 0. The summed E-state index contributed by atoms with van der Waals surface area (Å²) in [4.78, 5) is 35.6. The molecular weight excluding hydrogens is 882 g/mol. The topological polar surface area (TPSA) is 108 Å². The van der Waals surface area contributed by atoms with Gasteiger partial charge in [0.1, 0.15) is 19.8 Å². The van der Waals surface area contributed by atoms with Crippen LogP contribution < -0.4 is 0 Å². The fourth-order valence-corrected chi connectivity index (χ4v) is 8.11. The molecule has 0 aromatic rings. The summed E-state index contributed by atoms with van der Waals surface area (Å²) in [5.74, 6) is -0.816. The van der Waals surface area contributed by atoms with Crippen LogP contribution >= 0.6 is 7.82 Å². The molecule has 0 aliphatic heterocycles. The van der Waals surface area contributed by atoms with E-state index in [1.807, 2.05) is 21.1 Å². The zero-order chi connectivity index (χ0) is 50.6. The molecule has 0 aromatic carbocycles. The van der Waals surface area contributed by atoms with Gasteiger partial charge in [-0.1, -0.05) is 208 Å². The summed E-state index contributed by atoms with van der Waals surface area (Å²) >= 11 is 0. The molecule has 0 rings (SSSR count). The van der Waals surface area contributed by atoms with E-state index in [1.165, 1.54) is 96.3 Å². The molecule has 2 unspecified atom stereocenters. The van der Waals surface area contributed by atoms with Crippen molar-refractivity contribution in [2.45, 2.75) is 232 Å². The fraction of sp³-hybridized carbons (Fsp3) is 0.729.